The van der Waals surface area contributed by atoms with Crippen LogP contribution in [0.15, 0.2) is 35.8 Å². The molecule has 0 amide bonds. The number of hydrogen-bond donors (Lipinski definition) is 0. The summed E-state index contributed by atoms with van der Waals surface area (Å²) in [5.74, 6) is -0.215. The van der Waals surface area contributed by atoms with Crippen LogP contribution in [-0.4, -0.2) is 21.4 Å². The average molecular weight is 306 g/mol. The molecule has 0 saturated heterocycles. The number of benzene rings is 1. The molecule has 1 aromatic carbocycles. The van der Waals surface area contributed by atoms with E-state index in [4.69, 9.17) is 0 Å². The average Bonchev–Trinajstić information content (AvgIpc) is 3.00. The molecule has 0 aliphatic rings. The Bertz CT molecular complexity index is 813. The lowest BCUT2D eigenvalue weighted by molar-refractivity contribution is -0.389. The summed E-state index contributed by atoms with van der Waals surface area (Å²) in [4.78, 5) is 17.2. The van der Waals surface area contributed by atoms with Crippen LogP contribution in [0.4, 0.5) is 16.0 Å². The Balaban J connectivity index is 2.00. The SMILES string of the molecule is CN(Cc1ccccc1F)c1nc2sccn2c1[N+](=O)[O-]. The molecule has 0 aliphatic heterocycles. The lowest BCUT2D eigenvalue weighted by Gasteiger charge is -2.16. The predicted molar refractivity (Wildman–Crippen MR) is 78.2 cm³/mol. The Kier molecular flexibility index (Phi) is 3.30. The fraction of sp³-hybridized carbons (Fsp3) is 0.154. The number of imidazole rings is 1. The van der Waals surface area contributed by atoms with Gasteiger partial charge in [-0.05, 0) is 11.0 Å². The molecule has 2 aromatic heterocycles. The standard InChI is InChI=1S/C13H11FN4O2S/c1-16(8-9-4-2-3-5-10(9)14)11-12(18(19)20)17-6-7-21-13(17)15-11/h2-7H,8H2,1H3. The Labute approximate surface area is 123 Å². The summed E-state index contributed by atoms with van der Waals surface area (Å²) >= 11 is 1.31. The van der Waals surface area contributed by atoms with Crippen molar-refractivity contribution in [2.45, 2.75) is 6.54 Å². The van der Waals surface area contributed by atoms with E-state index in [1.54, 1.807) is 41.7 Å². The second-order valence-corrected chi connectivity index (χ2v) is 5.39. The molecule has 0 N–H and O–H groups in total. The Morgan fingerprint density at radius 2 is 2.24 bits per heavy atom. The molecule has 0 bridgehead atoms. The highest BCUT2D eigenvalue weighted by Gasteiger charge is 2.26. The van der Waals surface area contributed by atoms with Crippen molar-refractivity contribution in [2.75, 3.05) is 11.9 Å². The number of rotatable bonds is 4. The highest BCUT2D eigenvalue weighted by atomic mass is 32.1. The van der Waals surface area contributed by atoms with Crippen LogP contribution in [0.3, 0.4) is 0 Å². The van der Waals surface area contributed by atoms with Crippen molar-refractivity contribution in [3.63, 3.8) is 0 Å². The van der Waals surface area contributed by atoms with Gasteiger partial charge in [-0.3, -0.25) is 0 Å². The molecule has 21 heavy (non-hydrogen) atoms. The van der Waals surface area contributed by atoms with Crippen molar-refractivity contribution in [3.05, 3.63) is 57.3 Å². The second kappa shape index (κ2) is 5.13. The quantitative estimate of drug-likeness (QED) is 0.549. The Hall–Kier alpha value is -2.48. The minimum absolute atomic E-state index is 0.106. The first-order valence-corrected chi connectivity index (χ1v) is 7.00. The summed E-state index contributed by atoms with van der Waals surface area (Å²) in [5, 5.41) is 13.0. The first-order chi connectivity index (χ1) is 10.1. The first kappa shape index (κ1) is 13.5. The van der Waals surface area contributed by atoms with Gasteiger partial charge in [-0.15, -0.1) is 0 Å². The van der Waals surface area contributed by atoms with E-state index in [9.17, 15) is 14.5 Å². The van der Waals surface area contributed by atoms with Gasteiger partial charge < -0.3 is 15.0 Å². The third-order valence-electron chi connectivity index (χ3n) is 3.12. The van der Waals surface area contributed by atoms with Crippen LogP contribution < -0.4 is 4.90 Å². The molecule has 0 aliphatic carbocycles. The molecule has 108 valence electrons. The van der Waals surface area contributed by atoms with Crippen molar-refractivity contribution in [1.29, 1.82) is 0 Å². The number of hydrogen-bond acceptors (Lipinski definition) is 5. The molecule has 3 rings (SSSR count). The number of anilines is 1. The first-order valence-electron chi connectivity index (χ1n) is 6.12. The molecule has 3 aromatic rings. The third-order valence-corrected chi connectivity index (χ3v) is 3.88. The van der Waals surface area contributed by atoms with Gasteiger partial charge in [0.25, 0.3) is 4.96 Å². The molecule has 6 nitrogen and oxygen atoms in total. The monoisotopic (exact) mass is 306 g/mol. The van der Waals surface area contributed by atoms with Crippen LogP contribution in [0.1, 0.15) is 5.56 Å². The van der Waals surface area contributed by atoms with Crippen LogP contribution in [0, 0.1) is 15.9 Å². The van der Waals surface area contributed by atoms with E-state index in [0.29, 0.717) is 10.5 Å². The van der Waals surface area contributed by atoms with Gasteiger partial charge in [-0.25, -0.2) is 4.39 Å². The molecule has 0 fully saturated rings. The van der Waals surface area contributed by atoms with E-state index >= 15 is 0 Å². The Morgan fingerprint density at radius 3 is 2.95 bits per heavy atom. The molecule has 8 heteroatoms. The zero-order valence-electron chi connectivity index (χ0n) is 11.1. The summed E-state index contributed by atoms with van der Waals surface area (Å²) in [6.07, 6.45) is 1.60. The minimum atomic E-state index is -0.472. The maximum absolute atomic E-state index is 13.7. The molecular weight excluding hydrogens is 295 g/mol. The fourth-order valence-corrected chi connectivity index (χ4v) is 2.85. The van der Waals surface area contributed by atoms with Gasteiger partial charge in [0.1, 0.15) is 12.0 Å². The van der Waals surface area contributed by atoms with Crippen molar-refractivity contribution in [1.82, 2.24) is 9.38 Å². The molecular formula is C13H11FN4O2S. The number of aromatic nitrogens is 2. The largest absolute Gasteiger partial charge is 0.373 e. The molecule has 0 saturated carbocycles. The topological polar surface area (TPSA) is 63.7 Å². The van der Waals surface area contributed by atoms with E-state index in [1.807, 2.05) is 0 Å². The van der Waals surface area contributed by atoms with Gasteiger partial charge in [-0.2, -0.15) is 9.38 Å². The van der Waals surface area contributed by atoms with Crippen molar-refractivity contribution in [3.8, 4) is 0 Å². The lowest BCUT2D eigenvalue weighted by Crippen LogP contribution is -2.19. The summed E-state index contributed by atoms with van der Waals surface area (Å²) in [6.45, 7) is 0.207. The summed E-state index contributed by atoms with van der Waals surface area (Å²) in [5.41, 5.74) is 0.464. The van der Waals surface area contributed by atoms with Gasteiger partial charge >= 0.3 is 5.82 Å². The molecule has 2 heterocycles. The number of fused-ring (bicyclic) bond motifs is 1. The van der Waals surface area contributed by atoms with Crippen LogP contribution in [0.5, 0.6) is 0 Å². The van der Waals surface area contributed by atoms with E-state index in [1.165, 1.54) is 21.8 Å². The molecule has 0 unspecified atom stereocenters. The number of thiazole rings is 1. The van der Waals surface area contributed by atoms with Gasteiger partial charge in [0.15, 0.2) is 0 Å². The highest BCUT2D eigenvalue weighted by molar-refractivity contribution is 7.15. The number of halogens is 1. The maximum Gasteiger partial charge on any atom is 0.373 e. The Morgan fingerprint density at radius 1 is 1.48 bits per heavy atom. The number of nitrogens with zero attached hydrogens (tertiary/aromatic N) is 4. The van der Waals surface area contributed by atoms with E-state index in [-0.39, 0.29) is 24.0 Å². The molecule has 0 radical (unpaired) electrons. The van der Waals surface area contributed by atoms with E-state index in [0.717, 1.165) is 0 Å². The van der Waals surface area contributed by atoms with E-state index in [2.05, 4.69) is 4.98 Å². The van der Waals surface area contributed by atoms with Crippen LogP contribution in [0.2, 0.25) is 0 Å². The highest BCUT2D eigenvalue weighted by Crippen LogP contribution is 2.31. The van der Waals surface area contributed by atoms with Crippen molar-refractivity contribution >= 4 is 27.9 Å². The van der Waals surface area contributed by atoms with Gasteiger partial charge in [0.2, 0.25) is 5.82 Å². The second-order valence-electron chi connectivity index (χ2n) is 4.52. The minimum Gasteiger partial charge on any atom is -0.358 e. The normalized spacial score (nSPS) is 11.0. The third kappa shape index (κ3) is 2.33. The van der Waals surface area contributed by atoms with Crippen LogP contribution in [-0.2, 0) is 6.54 Å². The van der Waals surface area contributed by atoms with Crippen molar-refractivity contribution < 1.29 is 9.31 Å². The summed E-state index contributed by atoms with van der Waals surface area (Å²) in [7, 11) is 1.66. The summed E-state index contributed by atoms with van der Waals surface area (Å²) in [6, 6.07) is 6.35. The van der Waals surface area contributed by atoms with Crippen molar-refractivity contribution in [2.24, 2.45) is 0 Å². The zero-order chi connectivity index (χ0) is 15.0. The summed E-state index contributed by atoms with van der Waals surface area (Å²) < 4.78 is 15.1. The smallest absolute Gasteiger partial charge is 0.358 e. The van der Waals surface area contributed by atoms with Crippen LogP contribution in [0.25, 0.3) is 4.96 Å². The van der Waals surface area contributed by atoms with Gasteiger partial charge in [0, 0.05) is 24.5 Å². The molecule has 0 spiro atoms. The maximum atomic E-state index is 13.7. The lowest BCUT2D eigenvalue weighted by atomic mass is 10.2. The zero-order valence-corrected chi connectivity index (χ0v) is 11.9. The van der Waals surface area contributed by atoms with Gasteiger partial charge in [0.05, 0.1) is 0 Å². The predicted octanol–water partition coefficient (Wildman–Crippen LogP) is 3.08. The van der Waals surface area contributed by atoms with Gasteiger partial charge in [-0.1, -0.05) is 29.5 Å². The molecule has 0 atom stereocenters. The fourth-order valence-electron chi connectivity index (χ4n) is 2.15. The number of nitro groups is 1. The van der Waals surface area contributed by atoms with E-state index < -0.39 is 4.92 Å². The van der Waals surface area contributed by atoms with Crippen LogP contribution >= 0.6 is 11.3 Å².